The third-order valence-electron chi connectivity index (χ3n) is 4.57. The first-order chi connectivity index (χ1) is 10.4. The van der Waals surface area contributed by atoms with Gasteiger partial charge < -0.3 is 5.32 Å². The van der Waals surface area contributed by atoms with Crippen LogP contribution < -0.4 is 5.32 Å². The molecule has 108 valence electrons. The number of hydrogen-bond donors (Lipinski definition) is 1. The third-order valence-corrected chi connectivity index (χ3v) is 5.52. The molecule has 2 atom stereocenters. The zero-order chi connectivity index (χ0) is 14.1. The van der Waals surface area contributed by atoms with Crippen LogP contribution in [0.1, 0.15) is 31.2 Å². The molecule has 0 radical (unpaired) electrons. The predicted molar refractivity (Wildman–Crippen MR) is 91.9 cm³/mol. The fourth-order valence-corrected chi connectivity index (χ4v) is 4.41. The van der Waals surface area contributed by atoms with Crippen LogP contribution in [-0.4, -0.2) is 17.3 Å². The van der Waals surface area contributed by atoms with E-state index in [2.05, 4.69) is 47.8 Å². The van der Waals surface area contributed by atoms with E-state index < -0.39 is 0 Å². The van der Waals surface area contributed by atoms with Gasteiger partial charge in [0.2, 0.25) is 0 Å². The van der Waals surface area contributed by atoms with Gasteiger partial charge in [-0.1, -0.05) is 67.1 Å². The van der Waals surface area contributed by atoms with Crippen molar-refractivity contribution in [1.82, 2.24) is 5.32 Å². The summed E-state index contributed by atoms with van der Waals surface area (Å²) in [5.41, 5.74) is 1.40. The molecule has 2 aromatic rings. The Bertz CT molecular complexity index is 674. The van der Waals surface area contributed by atoms with Gasteiger partial charge in [-0.2, -0.15) is 0 Å². The minimum Gasteiger partial charge on any atom is -0.360 e. The van der Waals surface area contributed by atoms with E-state index in [9.17, 15) is 0 Å². The maximum Gasteiger partial charge on any atom is 0.157 e. The summed E-state index contributed by atoms with van der Waals surface area (Å²) in [6.07, 6.45) is 5.24. The molecule has 0 saturated heterocycles. The van der Waals surface area contributed by atoms with E-state index in [4.69, 9.17) is 4.99 Å². The molecule has 0 unspecified atom stereocenters. The van der Waals surface area contributed by atoms with Gasteiger partial charge in [0.1, 0.15) is 0 Å². The largest absolute Gasteiger partial charge is 0.360 e. The molecular formula is C18H20N2S. The first-order valence-electron chi connectivity index (χ1n) is 7.84. The average Bonchev–Trinajstić information content (AvgIpc) is 2.96. The Kier molecular flexibility index (Phi) is 3.60. The Labute approximate surface area is 130 Å². The van der Waals surface area contributed by atoms with Gasteiger partial charge in [-0.3, -0.25) is 4.99 Å². The molecule has 1 aliphatic carbocycles. The van der Waals surface area contributed by atoms with Gasteiger partial charge in [0, 0.05) is 5.75 Å². The fourth-order valence-electron chi connectivity index (χ4n) is 3.42. The van der Waals surface area contributed by atoms with E-state index in [1.54, 1.807) is 0 Å². The predicted octanol–water partition coefficient (Wildman–Crippen LogP) is 4.34. The van der Waals surface area contributed by atoms with E-state index in [0.717, 1.165) is 10.9 Å². The molecule has 1 N–H and O–H groups in total. The van der Waals surface area contributed by atoms with Crippen LogP contribution in [0.3, 0.4) is 0 Å². The Morgan fingerprint density at radius 3 is 2.86 bits per heavy atom. The quantitative estimate of drug-likeness (QED) is 0.891. The number of hydrogen-bond acceptors (Lipinski definition) is 3. The Morgan fingerprint density at radius 2 is 1.90 bits per heavy atom. The topological polar surface area (TPSA) is 24.4 Å². The first-order valence-corrected chi connectivity index (χ1v) is 8.82. The van der Waals surface area contributed by atoms with Crippen LogP contribution in [0.25, 0.3) is 10.8 Å². The van der Waals surface area contributed by atoms with Gasteiger partial charge in [-0.15, -0.1) is 0 Å². The number of nitrogens with zero attached hydrogens (tertiary/aromatic N) is 1. The second-order valence-electron chi connectivity index (χ2n) is 5.96. The lowest BCUT2D eigenvalue weighted by atomic mass is 9.92. The van der Waals surface area contributed by atoms with Gasteiger partial charge in [0.15, 0.2) is 5.17 Å². The normalized spacial score (nSPS) is 24.5. The zero-order valence-corrected chi connectivity index (χ0v) is 12.9. The summed E-state index contributed by atoms with van der Waals surface area (Å²) < 4.78 is 0. The molecule has 2 aromatic carbocycles. The Morgan fingerprint density at radius 1 is 1.05 bits per heavy atom. The maximum absolute atomic E-state index is 4.87. The van der Waals surface area contributed by atoms with Crippen molar-refractivity contribution in [2.45, 2.75) is 43.5 Å². The van der Waals surface area contributed by atoms with Crippen molar-refractivity contribution in [2.24, 2.45) is 4.99 Å². The van der Waals surface area contributed by atoms with Crippen LogP contribution in [0.2, 0.25) is 0 Å². The SMILES string of the molecule is c1ccc2c(CSC3=N[C@H]4CCCC[C@@H]4N3)cccc2c1. The van der Waals surface area contributed by atoms with Crippen molar-refractivity contribution in [1.29, 1.82) is 0 Å². The minimum atomic E-state index is 0.536. The first kappa shape index (κ1) is 13.2. The van der Waals surface area contributed by atoms with Gasteiger partial charge in [0.25, 0.3) is 0 Å². The van der Waals surface area contributed by atoms with Gasteiger partial charge in [-0.25, -0.2) is 0 Å². The van der Waals surface area contributed by atoms with Crippen molar-refractivity contribution in [3.8, 4) is 0 Å². The molecule has 4 rings (SSSR count). The van der Waals surface area contributed by atoms with E-state index >= 15 is 0 Å². The molecule has 0 bridgehead atoms. The molecule has 2 nitrogen and oxygen atoms in total. The minimum absolute atomic E-state index is 0.536. The second kappa shape index (κ2) is 5.72. The summed E-state index contributed by atoms with van der Waals surface area (Å²) in [5, 5.41) is 7.47. The molecular weight excluding hydrogens is 276 g/mol. The Balaban J connectivity index is 1.49. The highest BCUT2D eigenvalue weighted by atomic mass is 32.2. The fraction of sp³-hybridized carbons (Fsp3) is 0.389. The average molecular weight is 296 g/mol. The number of benzene rings is 2. The van der Waals surface area contributed by atoms with Crippen LogP contribution in [0, 0.1) is 0 Å². The highest BCUT2D eigenvalue weighted by Gasteiger charge is 2.30. The summed E-state index contributed by atoms with van der Waals surface area (Å²) in [4.78, 5) is 4.87. The van der Waals surface area contributed by atoms with Gasteiger partial charge in [-0.05, 0) is 29.2 Å². The zero-order valence-electron chi connectivity index (χ0n) is 12.1. The molecule has 0 spiro atoms. The number of rotatable bonds is 2. The molecule has 1 saturated carbocycles. The molecule has 1 heterocycles. The highest BCUT2D eigenvalue weighted by Crippen LogP contribution is 2.29. The van der Waals surface area contributed by atoms with Crippen molar-refractivity contribution in [3.05, 3.63) is 48.0 Å². The molecule has 1 fully saturated rings. The summed E-state index contributed by atoms with van der Waals surface area (Å²) in [6.45, 7) is 0. The monoisotopic (exact) mass is 296 g/mol. The number of nitrogens with one attached hydrogen (secondary N) is 1. The van der Waals surface area contributed by atoms with Gasteiger partial charge >= 0.3 is 0 Å². The standard InChI is InChI=1S/C18H20N2S/c1-2-9-15-13(6-1)7-5-8-14(15)12-21-18-19-16-10-3-4-11-17(16)20-18/h1-2,5-9,16-17H,3-4,10-12H2,(H,19,20)/t16-,17-/m0/s1. The van der Waals surface area contributed by atoms with E-state index in [-0.39, 0.29) is 0 Å². The summed E-state index contributed by atoms with van der Waals surface area (Å²) >= 11 is 1.86. The van der Waals surface area contributed by atoms with E-state index in [0.29, 0.717) is 12.1 Å². The van der Waals surface area contributed by atoms with Crippen LogP contribution >= 0.6 is 11.8 Å². The smallest absolute Gasteiger partial charge is 0.157 e. The highest BCUT2D eigenvalue weighted by molar-refractivity contribution is 8.13. The van der Waals surface area contributed by atoms with Crippen molar-refractivity contribution in [3.63, 3.8) is 0 Å². The summed E-state index contributed by atoms with van der Waals surface area (Å²) in [6, 6.07) is 16.3. The van der Waals surface area contributed by atoms with Crippen LogP contribution in [0.15, 0.2) is 47.5 Å². The van der Waals surface area contributed by atoms with Crippen LogP contribution in [-0.2, 0) is 5.75 Å². The van der Waals surface area contributed by atoms with Crippen LogP contribution in [0.5, 0.6) is 0 Å². The molecule has 1 aliphatic heterocycles. The Hall–Kier alpha value is -1.48. The molecule has 21 heavy (non-hydrogen) atoms. The van der Waals surface area contributed by atoms with Crippen LogP contribution in [0.4, 0.5) is 0 Å². The number of amidine groups is 1. The van der Waals surface area contributed by atoms with Crippen molar-refractivity contribution in [2.75, 3.05) is 0 Å². The molecule has 0 amide bonds. The number of fused-ring (bicyclic) bond motifs is 2. The van der Waals surface area contributed by atoms with E-state index in [1.165, 1.54) is 42.0 Å². The summed E-state index contributed by atoms with van der Waals surface area (Å²) in [5.74, 6) is 0.993. The summed E-state index contributed by atoms with van der Waals surface area (Å²) in [7, 11) is 0. The second-order valence-corrected chi connectivity index (χ2v) is 6.93. The molecule has 3 heteroatoms. The van der Waals surface area contributed by atoms with Gasteiger partial charge in [0.05, 0.1) is 12.1 Å². The lowest BCUT2D eigenvalue weighted by Crippen LogP contribution is -2.36. The van der Waals surface area contributed by atoms with E-state index in [1.807, 2.05) is 11.8 Å². The van der Waals surface area contributed by atoms with Crippen molar-refractivity contribution >= 4 is 27.7 Å². The molecule has 2 aliphatic rings. The van der Waals surface area contributed by atoms with Crippen molar-refractivity contribution < 1.29 is 0 Å². The third kappa shape index (κ3) is 2.67. The number of aliphatic imine (C=N–C) groups is 1. The molecule has 0 aromatic heterocycles. The lowest BCUT2D eigenvalue weighted by molar-refractivity contribution is 0.385. The maximum atomic E-state index is 4.87. The number of thioether (sulfide) groups is 1. The lowest BCUT2D eigenvalue weighted by Gasteiger charge is -2.23.